The van der Waals surface area contributed by atoms with Crippen LogP contribution in [0, 0.1) is 0 Å². The van der Waals surface area contributed by atoms with Gasteiger partial charge in [-0.05, 0) is 130 Å². The summed E-state index contributed by atoms with van der Waals surface area (Å²) in [6, 6.07) is 50.1. The van der Waals surface area contributed by atoms with Gasteiger partial charge in [0.15, 0.2) is 0 Å². The first-order chi connectivity index (χ1) is 21.8. The third-order valence-corrected chi connectivity index (χ3v) is 10.1. The molecule has 0 aliphatic heterocycles. The Balaban J connectivity index is 1.17. The fourth-order valence-corrected chi connectivity index (χ4v) is 8.01. The van der Waals surface area contributed by atoms with Crippen LogP contribution in [-0.2, 0) is 6.42 Å². The van der Waals surface area contributed by atoms with E-state index < -0.39 is 0 Å². The van der Waals surface area contributed by atoms with Crippen molar-refractivity contribution in [2.45, 2.75) is 12.8 Å². The van der Waals surface area contributed by atoms with Crippen LogP contribution in [0.15, 0.2) is 140 Å². The number of hydrogen-bond acceptors (Lipinski definition) is 0. The summed E-state index contributed by atoms with van der Waals surface area (Å²) in [5.74, 6) is 0. The summed E-state index contributed by atoms with van der Waals surface area (Å²) in [5.41, 5.74) is 13.5. The van der Waals surface area contributed by atoms with Gasteiger partial charge in [0.2, 0.25) is 0 Å². The second-order valence-electron chi connectivity index (χ2n) is 12.4. The molecule has 0 aromatic heterocycles. The summed E-state index contributed by atoms with van der Waals surface area (Å²) in [6.45, 7) is 0. The quantitative estimate of drug-likeness (QED) is 0.186. The minimum atomic E-state index is 1.07. The molecule has 0 saturated carbocycles. The lowest BCUT2D eigenvalue weighted by molar-refractivity contribution is 0.992. The SMILES string of the molecule is C1=Cc2c(c(-c3ccc4ccc(-c5ccc6c7c(cccc57)-c5ccccc5-6)cc4c3)cc3c2ccc2ccccc23)CC1. The van der Waals surface area contributed by atoms with E-state index in [4.69, 9.17) is 0 Å². The van der Waals surface area contributed by atoms with E-state index in [1.807, 2.05) is 0 Å². The van der Waals surface area contributed by atoms with Crippen LogP contribution in [-0.4, -0.2) is 0 Å². The van der Waals surface area contributed by atoms with Crippen molar-refractivity contribution in [3.05, 3.63) is 151 Å². The van der Waals surface area contributed by atoms with Crippen molar-refractivity contribution in [3.8, 4) is 44.5 Å². The zero-order valence-electron chi connectivity index (χ0n) is 24.3. The number of benzene rings is 8. The van der Waals surface area contributed by atoms with E-state index in [-0.39, 0.29) is 0 Å². The normalized spacial score (nSPS) is 13.2. The number of rotatable bonds is 2. The van der Waals surface area contributed by atoms with Gasteiger partial charge in [-0.1, -0.05) is 127 Å². The van der Waals surface area contributed by atoms with Crippen LogP contribution in [0.5, 0.6) is 0 Å². The Morgan fingerprint density at radius 3 is 1.93 bits per heavy atom. The first-order valence-corrected chi connectivity index (χ1v) is 15.7. The molecule has 0 atom stereocenters. The number of allylic oxidation sites excluding steroid dienone is 1. The number of hydrogen-bond donors (Lipinski definition) is 0. The summed E-state index contributed by atoms with van der Waals surface area (Å²) < 4.78 is 0. The lowest BCUT2D eigenvalue weighted by atomic mass is 9.84. The molecule has 0 saturated heterocycles. The highest BCUT2D eigenvalue weighted by atomic mass is 14.3. The summed E-state index contributed by atoms with van der Waals surface area (Å²) >= 11 is 0. The van der Waals surface area contributed by atoms with Crippen LogP contribution in [0.2, 0.25) is 0 Å². The first kappa shape index (κ1) is 24.0. The smallest absolute Gasteiger partial charge is 0.00201 e. The highest BCUT2D eigenvalue weighted by Crippen LogP contribution is 2.49. The molecule has 0 heterocycles. The maximum atomic E-state index is 2.46. The maximum absolute atomic E-state index is 2.46. The second kappa shape index (κ2) is 9.02. The molecule has 0 fully saturated rings. The molecule has 0 N–H and O–H groups in total. The molecule has 0 unspecified atom stereocenters. The van der Waals surface area contributed by atoms with Crippen molar-refractivity contribution in [1.82, 2.24) is 0 Å². The average molecular weight is 557 g/mol. The van der Waals surface area contributed by atoms with Crippen LogP contribution in [0.1, 0.15) is 17.5 Å². The van der Waals surface area contributed by atoms with Crippen molar-refractivity contribution < 1.29 is 0 Å². The van der Waals surface area contributed by atoms with Crippen molar-refractivity contribution in [2.24, 2.45) is 0 Å². The van der Waals surface area contributed by atoms with Gasteiger partial charge < -0.3 is 0 Å². The van der Waals surface area contributed by atoms with Gasteiger partial charge in [0.1, 0.15) is 0 Å². The average Bonchev–Trinajstić information content (AvgIpc) is 3.42. The molecule has 8 aromatic rings. The molecular formula is C44H28. The Labute approximate surface area is 256 Å². The van der Waals surface area contributed by atoms with Gasteiger partial charge >= 0.3 is 0 Å². The molecule has 0 amide bonds. The highest BCUT2D eigenvalue weighted by molar-refractivity contribution is 6.19. The third kappa shape index (κ3) is 3.34. The molecular weight excluding hydrogens is 528 g/mol. The van der Waals surface area contributed by atoms with E-state index >= 15 is 0 Å². The van der Waals surface area contributed by atoms with E-state index in [2.05, 4.69) is 146 Å². The second-order valence-corrected chi connectivity index (χ2v) is 12.4. The minimum Gasteiger partial charge on any atom is -0.0836 e. The summed E-state index contributed by atoms with van der Waals surface area (Å²) in [6.07, 6.45) is 6.85. The molecule has 2 aliphatic carbocycles. The number of fused-ring (bicyclic) bond motifs is 9. The fraction of sp³-hybridized carbons (Fsp3) is 0.0455. The van der Waals surface area contributed by atoms with Gasteiger partial charge in [-0.2, -0.15) is 0 Å². The Morgan fingerprint density at radius 2 is 1.07 bits per heavy atom. The van der Waals surface area contributed by atoms with E-state index in [0.29, 0.717) is 0 Å². The molecule has 0 bridgehead atoms. The summed E-state index contributed by atoms with van der Waals surface area (Å²) in [5, 5.41) is 10.6. The van der Waals surface area contributed by atoms with E-state index in [0.717, 1.165) is 12.8 Å². The Hall–Kier alpha value is -5.46. The van der Waals surface area contributed by atoms with Crippen LogP contribution >= 0.6 is 0 Å². The zero-order chi connectivity index (χ0) is 28.8. The molecule has 0 radical (unpaired) electrons. The van der Waals surface area contributed by atoms with Gasteiger partial charge in [0.05, 0.1) is 0 Å². The first-order valence-electron chi connectivity index (χ1n) is 15.7. The standard InChI is InChI=1S/C44H28/c1-2-9-32-28(8-1)20-21-38-34-10-3-6-13-37(34)42(26-43(32)38)30-19-17-27-16-18-29(24-31(27)25-30)33-22-23-41-36-12-5-4-11-35(36)40-15-7-14-39(33)44(40)41/h1-5,7-12,14-26H,6,13H2. The van der Waals surface area contributed by atoms with Crippen LogP contribution < -0.4 is 0 Å². The molecule has 8 aromatic carbocycles. The van der Waals surface area contributed by atoms with E-state index in [1.165, 1.54) is 98.7 Å². The molecule has 2 aliphatic rings. The van der Waals surface area contributed by atoms with Crippen LogP contribution in [0.4, 0.5) is 0 Å². The van der Waals surface area contributed by atoms with Crippen molar-refractivity contribution in [1.29, 1.82) is 0 Å². The highest BCUT2D eigenvalue weighted by Gasteiger charge is 2.22. The maximum Gasteiger partial charge on any atom is -0.00201 e. The summed E-state index contributed by atoms with van der Waals surface area (Å²) in [4.78, 5) is 0. The molecule has 44 heavy (non-hydrogen) atoms. The van der Waals surface area contributed by atoms with Gasteiger partial charge in [0, 0.05) is 0 Å². The predicted molar refractivity (Wildman–Crippen MR) is 189 cm³/mol. The monoisotopic (exact) mass is 556 g/mol. The lowest BCUT2D eigenvalue weighted by Crippen LogP contribution is -1.99. The largest absolute Gasteiger partial charge is 0.0836 e. The summed E-state index contributed by atoms with van der Waals surface area (Å²) in [7, 11) is 0. The molecule has 0 nitrogen and oxygen atoms in total. The van der Waals surface area contributed by atoms with E-state index in [9.17, 15) is 0 Å². The zero-order valence-corrected chi connectivity index (χ0v) is 24.3. The van der Waals surface area contributed by atoms with E-state index in [1.54, 1.807) is 0 Å². The predicted octanol–water partition coefficient (Wildman–Crippen LogP) is 12.2. The Kier molecular flexibility index (Phi) is 4.93. The Morgan fingerprint density at radius 1 is 0.386 bits per heavy atom. The van der Waals surface area contributed by atoms with Crippen molar-refractivity contribution in [3.63, 3.8) is 0 Å². The fourth-order valence-electron chi connectivity index (χ4n) is 8.01. The van der Waals surface area contributed by atoms with Crippen molar-refractivity contribution >= 4 is 49.2 Å². The molecule has 10 rings (SSSR count). The lowest BCUT2D eigenvalue weighted by Gasteiger charge is -2.20. The molecule has 0 spiro atoms. The molecule has 204 valence electrons. The van der Waals surface area contributed by atoms with Crippen LogP contribution in [0.3, 0.4) is 0 Å². The van der Waals surface area contributed by atoms with Crippen molar-refractivity contribution in [2.75, 3.05) is 0 Å². The topological polar surface area (TPSA) is 0 Å². The van der Waals surface area contributed by atoms with Gasteiger partial charge in [0.25, 0.3) is 0 Å². The van der Waals surface area contributed by atoms with Gasteiger partial charge in [-0.3, -0.25) is 0 Å². The third-order valence-electron chi connectivity index (χ3n) is 10.1. The van der Waals surface area contributed by atoms with Gasteiger partial charge in [-0.15, -0.1) is 0 Å². The van der Waals surface area contributed by atoms with Gasteiger partial charge in [-0.25, -0.2) is 0 Å². The minimum absolute atomic E-state index is 1.07. The van der Waals surface area contributed by atoms with Crippen LogP contribution in [0.25, 0.3) is 93.7 Å². The molecule has 0 heteroatoms. The Bertz CT molecular complexity index is 2510.